The van der Waals surface area contributed by atoms with E-state index in [1.807, 2.05) is 19.1 Å². The fourth-order valence-corrected chi connectivity index (χ4v) is 1.09. The van der Waals surface area contributed by atoms with Crippen molar-refractivity contribution in [3.8, 4) is 11.8 Å². The third-order valence-electron chi connectivity index (χ3n) is 1.89. The highest BCUT2D eigenvalue weighted by Crippen LogP contribution is 2.28. The van der Waals surface area contributed by atoms with E-state index in [-0.39, 0.29) is 11.8 Å². The second-order valence-corrected chi connectivity index (χ2v) is 2.70. The van der Waals surface area contributed by atoms with Crippen LogP contribution in [0.5, 0.6) is 11.8 Å². The van der Waals surface area contributed by atoms with Crippen LogP contribution in [0.1, 0.15) is 18.1 Å². The van der Waals surface area contributed by atoms with Crippen LogP contribution in [0.4, 0.5) is 0 Å². The third kappa shape index (κ3) is 1.44. The second kappa shape index (κ2) is 3.34. The molecule has 1 rings (SSSR count). The molecule has 0 aliphatic carbocycles. The molecule has 0 fully saturated rings. The van der Waals surface area contributed by atoms with Gasteiger partial charge in [0.15, 0.2) is 11.8 Å². The monoisotopic (exact) mass is 167 g/mol. The van der Waals surface area contributed by atoms with Crippen molar-refractivity contribution in [2.24, 2.45) is 0 Å². The van der Waals surface area contributed by atoms with Crippen LogP contribution in [-0.2, 0) is 6.42 Å². The molecule has 0 spiro atoms. The Morgan fingerprint density at radius 3 is 2.42 bits per heavy atom. The van der Waals surface area contributed by atoms with Gasteiger partial charge >= 0.3 is 0 Å². The summed E-state index contributed by atoms with van der Waals surface area (Å²) in [4.78, 5) is 2.46. The Labute approximate surface area is 71.4 Å². The first-order valence-corrected chi connectivity index (χ1v) is 3.87. The van der Waals surface area contributed by atoms with E-state index in [2.05, 4.69) is 4.98 Å². The smallest absolute Gasteiger partial charge is 0.195 e. The number of hydrogen-bond donors (Lipinski definition) is 3. The Morgan fingerprint density at radius 2 is 2.00 bits per heavy atom. The van der Waals surface area contributed by atoms with Gasteiger partial charge in [-0.1, -0.05) is 12.2 Å². The summed E-state index contributed by atoms with van der Waals surface area (Å²) in [6.45, 7) is 3.68. The second-order valence-electron chi connectivity index (χ2n) is 2.70. The van der Waals surface area contributed by atoms with Crippen LogP contribution in [0.15, 0.2) is 12.2 Å². The summed E-state index contributed by atoms with van der Waals surface area (Å²) in [5, 5.41) is 18.5. The van der Waals surface area contributed by atoms with Crippen molar-refractivity contribution in [1.29, 1.82) is 0 Å². The predicted octanol–water partition coefficient (Wildman–Crippen LogP) is 1.85. The van der Waals surface area contributed by atoms with Gasteiger partial charge in [-0.3, -0.25) is 4.98 Å². The van der Waals surface area contributed by atoms with Gasteiger partial charge in [0.05, 0.1) is 0 Å². The standard InChI is InChI=1S/C9H13NO2/c1-3-4-5-7-6(2)8(11)10-9(7)12/h3-4,10-12H,5H2,1-2H3. The molecule has 0 atom stereocenters. The lowest BCUT2D eigenvalue weighted by atomic mass is 10.1. The van der Waals surface area contributed by atoms with E-state index in [1.54, 1.807) is 6.92 Å². The minimum absolute atomic E-state index is 0.0482. The molecule has 1 heterocycles. The number of aromatic amines is 1. The maximum absolute atomic E-state index is 9.29. The molecule has 66 valence electrons. The zero-order valence-electron chi connectivity index (χ0n) is 7.26. The number of aromatic hydroxyl groups is 2. The number of rotatable bonds is 2. The van der Waals surface area contributed by atoms with E-state index in [9.17, 15) is 10.2 Å². The molecule has 0 saturated carbocycles. The maximum Gasteiger partial charge on any atom is 0.195 e. The molecular weight excluding hydrogens is 154 g/mol. The Morgan fingerprint density at radius 1 is 1.33 bits per heavy atom. The van der Waals surface area contributed by atoms with Crippen molar-refractivity contribution in [2.45, 2.75) is 20.3 Å². The van der Waals surface area contributed by atoms with Crippen molar-refractivity contribution < 1.29 is 10.2 Å². The molecule has 1 aromatic rings. The molecular formula is C9H13NO2. The van der Waals surface area contributed by atoms with Crippen LogP contribution >= 0.6 is 0 Å². The van der Waals surface area contributed by atoms with Gasteiger partial charge in [-0.2, -0.15) is 0 Å². The minimum atomic E-state index is 0.0482. The van der Waals surface area contributed by atoms with Crippen LogP contribution in [0.2, 0.25) is 0 Å². The molecule has 3 N–H and O–H groups in total. The van der Waals surface area contributed by atoms with Crippen LogP contribution in [0.25, 0.3) is 0 Å². The lowest BCUT2D eigenvalue weighted by Crippen LogP contribution is -1.80. The Bertz CT molecular complexity index is 300. The van der Waals surface area contributed by atoms with Crippen LogP contribution in [-0.4, -0.2) is 15.2 Å². The first-order chi connectivity index (χ1) is 5.66. The first kappa shape index (κ1) is 8.71. The molecule has 0 radical (unpaired) electrons. The average molecular weight is 167 g/mol. The van der Waals surface area contributed by atoms with E-state index in [0.717, 1.165) is 5.56 Å². The van der Waals surface area contributed by atoms with Crippen molar-refractivity contribution in [1.82, 2.24) is 4.98 Å². The summed E-state index contributed by atoms with van der Waals surface area (Å²) in [5.41, 5.74) is 1.47. The quantitative estimate of drug-likeness (QED) is 0.589. The van der Waals surface area contributed by atoms with E-state index in [4.69, 9.17) is 0 Å². The van der Waals surface area contributed by atoms with E-state index in [1.165, 1.54) is 0 Å². The molecule has 12 heavy (non-hydrogen) atoms. The highest BCUT2D eigenvalue weighted by Gasteiger charge is 2.10. The van der Waals surface area contributed by atoms with E-state index < -0.39 is 0 Å². The Kier molecular flexibility index (Phi) is 2.43. The molecule has 0 aromatic carbocycles. The predicted molar refractivity (Wildman–Crippen MR) is 47.4 cm³/mol. The van der Waals surface area contributed by atoms with Crippen molar-refractivity contribution in [2.75, 3.05) is 0 Å². The molecule has 1 aromatic heterocycles. The molecule has 3 heteroatoms. The van der Waals surface area contributed by atoms with Crippen LogP contribution < -0.4 is 0 Å². The lowest BCUT2D eigenvalue weighted by Gasteiger charge is -1.94. The maximum atomic E-state index is 9.29. The Balaban J connectivity index is 2.97. The largest absolute Gasteiger partial charge is 0.494 e. The van der Waals surface area contributed by atoms with Crippen molar-refractivity contribution >= 4 is 0 Å². The fourth-order valence-electron chi connectivity index (χ4n) is 1.09. The van der Waals surface area contributed by atoms with Gasteiger partial charge in [0.1, 0.15) is 0 Å². The number of nitrogens with one attached hydrogen (secondary N) is 1. The summed E-state index contributed by atoms with van der Waals surface area (Å²) >= 11 is 0. The topological polar surface area (TPSA) is 56.2 Å². The summed E-state index contributed by atoms with van der Waals surface area (Å²) in [5.74, 6) is 0.107. The van der Waals surface area contributed by atoms with Gasteiger partial charge in [0.25, 0.3) is 0 Å². The van der Waals surface area contributed by atoms with E-state index in [0.29, 0.717) is 12.0 Å². The number of H-pyrrole nitrogens is 1. The molecule has 0 bridgehead atoms. The number of allylic oxidation sites excluding steroid dienone is 2. The molecule has 3 nitrogen and oxygen atoms in total. The summed E-state index contributed by atoms with van der Waals surface area (Å²) in [6, 6.07) is 0. The summed E-state index contributed by atoms with van der Waals surface area (Å²) in [6.07, 6.45) is 4.48. The molecule has 0 unspecified atom stereocenters. The number of hydrogen-bond acceptors (Lipinski definition) is 2. The molecule has 0 amide bonds. The van der Waals surface area contributed by atoms with Crippen LogP contribution in [0.3, 0.4) is 0 Å². The van der Waals surface area contributed by atoms with Gasteiger partial charge in [-0.15, -0.1) is 0 Å². The lowest BCUT2D eigenvalue weighted by molar-refractivity contribution is 0.422. The first-order valence-electron chi connectivity index (χ1n) is 3.87. The van der Waals surface area contributed by atoms with Gasteiger partial charge in [0, 0.05) is 11.1 Å². The van der Waals surface area contributed by atoms with Gasteiger partial charge in [-0.05, 0) is 20.3 Å². The number of aromatic nitrogens is 1. The van der Waals surface area contributed by atoms with Crippen LogP contribution in [0, 0.1) is 6.92 Å². The Hall–Kier alpha value is -1.38. The highest BCUT2D eigenvalue weighted by atomic mass is 16.3. The molecule has 0 saturated heterocycles. The molecule has 0 aliphatic rings. The molecule has 0 aliphatic heterocycles. The minimum Gasteiger partial charge on any atom is -0.494 e. The third-order valence-corrected chi connectivity index (χ3v) is 1.89. The highest BCUT2D eigenvalue weighted by molar-refractivity contribution is 5.43. The van der Waals surface area contributed by atoms with Crippen molar-refractivity contribution in [3.05, 3.63) is 23.3 Å². The summed E-state index contributed by atoms with van der Waals surface area (Å²) < 4.78 is 0. The van der Waals surface area contributed by atoms with Gasteiger partial charge in [0.2, 0.25) is 0 Å². The zero-order chi connectivity index (χ0) is 9.14. The zero-order valence-corrected chi connectivity index (χ0v) is 7.26. The normalized spacial score (nSPS) is 11.2. The summed E-state index contributed by atoms with van der Waals surface area (Å²) in [7, 11) is 0. The van der Waals surface area contributed by atoms with Crippen molar-refractivity contribution in [3.63, 3.8) is 0 Å². The average Bonchev–Trinajstić information content (AvgIpc) is 2.25. The SMILES string of the molecule is CC=CCc1c(O)[nH]c(O)c1C. The van der Waals surface area contributed by atoms with Gasteiger partial charge < -0.3 is 10.2 Å². The van der Waals surface area contributed by atoms with E-state index >= 15 is 0 Å². The fraction of sp³-hybridized carbons (Fsp3) is 0.333. The van der Waals surface area contributed by atoms with Gasteiger partial charge in [-0.25, -0.2) is 0 Å².